The number of likely N-dealkylation sites (tertiary alicyclic amines) is 2. The van der Waals surface area contributed by atoms with Crippen LogP contribution in [0.1, 0.15) is 48.8 Å². The highest BCUT2D eigenvalue weighted by Gasteiger charge is 2.45. The molecule has 6 heteroatoms. The number of carbonyl (C=O) groups is 3. The van der Waals surface area contributed by atoms with E-state index in [1.807, 2.05) is 54.6 Å². The maximum atomic E-state index is 14.2. The van der Waals surface area contributed by atoms with Crippen molar-refractivity contribution in [1.29, 1.82) is 0 Å². The molecule has 2 aliphatic rings. The molecule has 2 atom stereocenters. The molecular weight excluding hydrogens is 462 g/mol. The van der Waals surface area contributed by atoms with Gasteiger partial charge in [-0.1, -0.05) is 91.0 Å². The lowest BCUT2D eigenvalue weighted by molar-refractivity contribution is -0.146. The maximum absolute atomic E-state index is 14.2. The third-order valence-corrected chi connectivity index (χ3v) is 7.94. The summed E-state index contributed by atoms with van der Waals surface area (Å²) < 4.78 is 0. The van der Waals surface area contributed by atoms with E-state index in [1.54, 1.807) is 9.80 Å². The third kappa shape index (κ3) is 4.64. The van der Waals surface area contributed by atoms with E-state index in [9.17, 15) is 14.4 Å². The first-order chi connectivity index (χ1) is 18.0. The van der Waals surface area contributed by atoms with E-state index in [4.69, 9.17) is 5.73 Å². The van der Waals surface area contributed by atoms with E-state index in [1.165, 1.54) is 0 Å². The van der Waals surface area contributed by atoms with Gasteiger partial charge in [0.1, 0.15) is 12.1 Å². The molecule has 0 aliphatic carbocycles. The largest absolute Gasteiger partial charge is 0.368 e. The van der Waals surface area contributed by atoms with Crippen LogP contribution >= 0.6 is 0 Å². The molecule has 2 fully saturated rings. The lowest BCUT2D eigenvalue weighted by Gasteiger charge is -2.38. The highest BCUT2D eigenvalue weighted by Crippen LogP contribution is 2.43. The van der Waals surface area contributed by atoms with Crippen LogP contribution in [-0.2, 0) is 19.8 Å². The van der Waals surface area contributed by atoms with Crippen LogP contribution in [0.5, 0.6) is 0 Å². The molecule has 2 saturated heterocycles. The summed E-state index contributed by atoms with van der Waals surface area (Å²) in [5.41, 5.74) is 7.93. The molecule has 3 amide bonds. The van der Waals surface area contributed by atoms with Crippen LogP contribution in [0.3, 0.4) is 0 Å². The lowest BCUT2D eigenvalue weighted by Crippen LogP contribution is -2.52. The number of carbonyl (C=O) groups excluding carboxylic acids is 3. The molecule has 2 N–H and O–H groups in total. The smallest absolute Gasteiger partial charge is 0.246 e. The lowest BCUT2D eigenvalue weighted by atomic mass is 9.67. The molecule has 0 bridgehead atoms. The fourth-order valence-electron chi connectivity index (χ4n) is 6.14. The molecule has 2 aliphatic heterocycles. The van der Waals surface area contributed by atoms with Crippen LogP contribution in [0.2, 0.25) is 0 Å². The van der Waals surface area contributed by atoms with Gasteiger partial charge in [-0.15, -0.1) is 0 Å². The highest BCUT2D eigenvalue weighted by atomic mass is 16.2. The van der Waals surface area contributed by atoms with Gasteiger partial charge >= 0.3 is 0 Å². The Bertz CT molecular complexity index is 1150. The van der Waals surface area contributed by atoms with E-state index < -0.39 is 23.4 Å². The molecule has 1 unspecified atom stereocenters. The van der Waals surface area contributed by atoms with Crippen LogP contribution in [0.15, 0.2) is 91.0 Å². The van der Waals surface area contributed by atoms with E-state index in [0.29, 0.717) is 25.9 Å². The molecule has 2 heterocycles. The van der Waals surface area contributed by atoms with Gasteiger partial charge in [0.15, 0.2) is 0 Å². The third-order valence-electron chi connectivity index (χ3n) is 7.94. The van der Waals surface area contributed by atoms with Crippen molar-refractivity contribution < 1.29 is 14.4 Å². The number of amides is 3. The minimum Gasteiger partial charge on any atom is -0.368 e. The van der Waals surface area contributed by atoms with E-state index >= 15 is 0 Å². The number of nitrogens with two attached hydrogens (primary N) is 1. The summed E-state index contributed by atoms with van der Waals surface area (Å²) in [6, 6.07) is 29.2. The second kappa shape index (κ2) is 10.6. The number of hydrogen-bond donors (Lipinski definition) is 1. The topological polar surface area (TPSA) is 83.7 Å². The van der Waals surface area contributed by atoms with Crippen LogP contribution in [-0.4, -0.2) is 52.7 Å². The average molecular weight is 496 g/mol. The van der Waals surface area contributed by atoms with Crippen LogP contribution in [0.25, 0.3) is 0 Å². The number of primary amides is 1. The maximum Gasteiger partial charge on any atom is 0.246 e. The average Bonchev–Trinajstić information content (AvgIpc) is 3.64. The summed E-state index contributed by atoms with van der Waals surface area (Å²) in [4.78, 5) is 43.1. The van der Waals surface area contributed by atoms with E-state index in [2.05, 4.69) is 36.4 Å². The first-order valence-corrected chi connectivity index (χ1v) is 13.1. The van der Waals surface area contributed by atoms with Gasteiger partial charge in [0.05, 0.1) is 5.41 Å². The van der Waals surface area contributed by atoms with Gasteiger partial charge in [-0.05, 0) is 42.4 Å². The summed E-state index contributed by atoms with van der Waals surface area (Å²) >= 11 is 0. The Kier molecular flexibility index (Phi) is 7.08. The van der Waals surface area contributed by atoms with Crippen molar-refractivity contribution >= 4 is 17.7 Å². The normalized spacial score (nSPS) is 19.7. The van der Waals surface area contributed by atoms with Crippen molar-refractivity contribution in [3.8, 4) is 0 Å². The Morgan fingerprint density at radius 3 is 1.57 bits per heavy atom. The first-order valence-electron chi connectivity index (χ1n) is 13.1. The zero-order chi connectivity index (χ0) is 25.8. The van der Waals surface area contributed by atoms with Crippen molar-refractivity contribution in [3.05, 3.63) is 108 Å². The molecule has 6 nitrogen and oxygen atoms in total. The van der Waals surface area contributed by atoms with Crippen molar-refractivity contribution in [2.24, 2.45) is 5.73 Å². The first kappa shape index (κ1) is 24.8. The molecule has 190 valence electrons. The standard InChI is InChI=1S/C31H33N3O3/c32-29(36)26-18-10-21-34(26)30(37)27-19-11-20-33(27)28(35)22-31(23-12-4-1-5-13-23,24-14-6-2-7-15-24)25-16-8-3-9-17-25/h1-9,12-17,26-27H,10-11,18-22H2,(H2,32,36)/t26?,27-/m0/s1. The molecule has 5 rings (SSSR count). The van der Waals surface area contributed by atoms with Gasteiger partial charge in [0, 0.05) is 19.5 Å². The Morgan fingerprint density at radius 1 is 0.676 bits per heavy atom. The fraction of sp³-hybridized carbons (Fsp3) is 0.323. The van der Waals surface area contributed by atoms with Gasteiger partial charge in [-0.25, -0.2) is 0 Å². The van der Waals surface area contributed by atoms with Gasteiger partial charge < -0.3 is 15.5 Å². The summed E-state index contributed by atoms with van der Waals surface area (Å²) in [7, 11) is 0. The summed E-state index contributed by atoms with van der Waals surface area (Å²) in [5, 5.41) is 0. The number of benzene rings is 3. The van der Waals surface area contributed by atoms with Crippen molar-refractivity contribution in [1.82, 2.24) is 9.80 Å². The van der Waals surface area contributed by atoms with Gasteiger partial charge in [-0.3, -0.25) is 14.4 Å². The van der Waals surface area contributed by atoms with Gasteiger partial charge in [-0.2, -0.15) is 0 Å². The summed E-state index contributed by atoms with van der Waals surface area (Å²) in [6.07, 6.45) is 2.88. The molecule has 3 aromatic rings. The Hall–Kier alpha value is -3.93. The number of rotatable bonds is 7. The van der Waals surface area contributed by atoms with Gasteiger partial charge in [0.2, 0.25) is 17.7 Å². The predicted octanol–water partition coefficient (Wildman–Crippen LogP) is 3.88. The van der Waals surface area contributed by atoms with Gasteiger partial charge in [0.25, 0.3) is 0 Å². The van der Waals surface area contributed by atoms with Crippen molar-refractivity contribution in [2.75, 3.05) is 13.1 Å². The van der Waals surface area contributed by atoms with Crippen LogP contribution < -0.4 is 5.73 Å². The Morgan fingerprint density at radius 2 is 1.11 bits per heavy atom. The molecule has 0 aromatic heterocycles. The quantitative estimate of drug-likeness (QED) is 0.505. The highest BCUT2D eigenvalue weighted by molar-refractivity contribution is 5.93. The molecular formula is C31H33N3O3. The fourth-order valence-corrected chi connectivity index (χ4v) is 6.14. The monoisotopic (exact) mass is 495 g/mol. The Balaban J connectivity index is 1.53. The second-order valence-electron chi connectivity index (χ2n) is 10.0. The molecule has 0 radical (unpaired) electrons. The summed E-state index contributed by atoms with van der Waals surface area (Å²) in [6.45, 7) is 1.03. The van der Waals surface area contributed by atoms with Crippen LogP contribution in [0, 0.1) is 0 Å². The second-order valence-corrected chi connectivity index (χ2v) is 10.0. The summed E-state index contributed by atoms with van der Waals surface area (Å²) in [5.74, 6) is -0.697. The zero-order valence-corrected chi connectivity index (χ0v) is 21.0. The van der Waals surface area contributed by atoms with Crippen molar-refractivity contribution in [3.63, 3.8) is 0 Å². The number of hydrogen-bond acceptors (Lipinski definition) is 3. The van der Waals surface area contributed by atoms with E-state index in [-0.39, 0.29) is 18.2 Å². The van der Waals surface area contributed by atoms with Crippen LogP contribution in [0.4, 0.5) is 0 Å². The van der Waals surface area contributed by atoms with E-state index in [0.717, 1.165) is 29.5 Å². The predicted molar refractivity (Wildman–Crippen MR) is 142 cm³/mol. The minimum atomic E-state index is -0.722. The molecule has 0 spiro atoms. The SMILES string of the molecule is NC(=O)C1CCCN1C(=O)[C@@H]1CCCN1C(=O)CC(c1ccccc1)(c1ccccc1)c1ccccc1. The Labute approximate surface area is 218 Å². The minimum absolute atomic E-state index is 0.0674. The molecule has 37 heavy (non-hydrogen) atoms. The molecule has 3 aromatic carbocycles. The molecule has 0 saturated carbocycles. The zero-order valence-electron chi connectivity index (χ0n) is 21.0. The van der Waals surface area contributed by atoms with Crippen molar-refractivity contribution in [2.45, 2.75) is 49.6 Å². The number of nitrogens with zero attached hydrogens (tertiary/aromatic N) is 2.